The van der Waals surface area contributed by atoms with Crippen molar-refractivity contribution in [3.63, 3.8) is 0 Å². The van der Waals surface area contributed by atoms with Crippen LogP contribution in [0.3, 0.4) is 0 Å². The molecule has 78 valence electrons. The largest absolute Gasteiger partial charge is 0.346 e. The highest BCUT2D eigenvalue weighted by atomic mass is 35.5. The van der Waals surface area contributed by atoms with Crippen molar-refractivity contribution in [2.75, 3.05) is 0 Å². The molecule has 7 heteroatoms. The number of halogens is 2. The van der Waals surface area contributed by atoms with Crippen LogP contribution in [0, 0.1) is 5.82 Å². The Hall–Kier alpha value is -0.450. The third-order valence-corrected chi connectivity index (χ3v) is 2.97. The van der Waals surface area contributed by atoms with E-state index in [1.165, 1.54) is 12.1 Å². The average molecular weight is 240 g/mol. The van der Waals surface area contributed by atoms with E-state index < -0.39 is 19.2 Å². The molecule has 0 saturated carbocycles. The van der Waals surface area contributed by atoms with Gasteiger partial charge in [-0.3, -0.25) is 4.57 Å². The van der Waals surface area contributed by atoms with Gasteiger partial charge in [-0.05, 0) is 12.1 Å². The lowest BCUT2D eigenvalue weighted by Gasteiger charge is -2.15. The van der Waals surface area contributed by atoms with Gasteiger partial charge in [0, 0.05) is 10.6 Å². The van der Waals surface area contributed by atoms with Crippen LogP contribution in [0.2, 0.25) is 5.02 Å². The Bertz CT molecular complexity index is 374. The monoisotopic (exact) mass is 239 g/mol. The first-order valence-electron chi connectivity index (χ1n) is 3.58. The van der Waals surface area contributed by atoms with Gasteiger partial charge in [0.1, 0.15) is 11.6 Å². The summed E-state index contributed by atoms with van der Waals surface area (Å²) in [6.45, 7) is 0. The zero-order valence-corrected chi connectivity index (χ0v) is 8.54. The Balaban J connectivity index is 3.26. The Labute approximate surface area is 84.7 Å². The molecule has 1 unspecified atom stereocenters. The molecule has 4 nitrogen and oxygen atoms in total. The van der Waals surface area contributed by atoms with Crippen molar-refractivity contribution in [3.8, 4) is 0 Å². The fraction of sp³-hybridized carbons (Fsp3) is 0.143. The van der Waals surface area contributed by atoms with Crippen LogP contribution >= 0.6 is 19.2 Å². The second-order valence-corrected chi connectivity index (χ2v) is 4.81. The lowest BCUT2D eigenvalue weighted by atomic mass is 10.2. The van der Waals surface area contributed by atoms with Crippen LogP contribution in [0.25, 0.3) is 0 Å². The van der Waals surface area contributed by atoms with Crippen LogP contribution in [0.15, 0.2) is 18.2 Å². The van der Waals surface area contributed by atoms with Crippen molar-refractivity contribution in [2.24, 2.45) is 5.73 Å². The van der Waals surface area contributed by atoms with Crippen molar-refractivity contribution in [2.45, 2.75) is 5.78 Å². The van der Waals surface area contributed by atoms with E-state index in [2.05, 4.69) is 0 Å². The molecule has 14 heavy (non-hydrogen) atoms. The second-order valence-electron chi connectivity index (χ2n) is 2.67. The highest BCUT2D eigenvalue weighted by Crippen LogP contribution is 2.50. The summed E-state index contributed by atoms with van der Waals surface area (Å²) < 4.78 is 23.9. The van der Waals surface area contributed by atoms with Crippen LogP contribution in [-0.2, 0) is 4.57 Å². The fourth-order valence-corrected chi connectivity index (χ4v) is 1.92. The molecule has 1 rings (SSSR count). The molecule has 0 bridgehead atoms. The summed E-state index contributed by atoms with van der Waals surface area (Å²) in [5.41, 5.74) is 4.83. The van der Waals surface area contributed by atoms with E-state index in [0.29, 0.717) is 0 Å². The smallest absolute Gasteiger partial charge is 0.323 e. The van der Waals surface area contributed by atoms with Crippen molar-refractivity contribution >= 4 is 19.2 Å². The zero-order chi connectivity index (χ0) is 10.9. The highest BCUT2D eigenvalue weighted by Gasteiger charge is 2.30. The number of hydrogen-bond donors (Lipinski definition) is 3. The normalized spacial score (nSPS) is 14.1. The molecule has 0 amide bonds. The fourth-order valence-electron chi connectivity index (χ4n) is 0.961. The molecular weight excluding hydrogens is 232 g/mol. The topological polar surface area (TPSA) is 83.6 Å². The molecule has 1 aromatic rings. The Morgan fingerprint density at radius 2 is 2.07 bits per heavy atom. The van der Waals surface area contributed by atoms with Crippen molar-refractivity contribution in [1.82, 2.24) is 0 Å². The molecule has 0 spiro atoms. The number of rotatable bonds is 2. The summed E-state index contributed by atoms with van der Waals surface area (Å²) in [5, 5.41) is -0.0965. The first-order valence-corrected chi connectivity index (χ1v) is 5.64. The lowest BCUT2D eigenvalue weighted by Crippen LogP contribution is -2.13. The van der Waals surface area contributed by atoms with Crippen LogP contribution in [-0.4, -0.2) is 9.79 Å². The van der Waals surface area contributed by atoms with Gasteiger partial charge in [-0.2, -0.15) is 0 Å². The third kappa shape index (κ3) is 2.32. The van der Waals surface area contributed by atoms with Crippen LogP contribution in [0.4, 0.5) is 4.39 Å². The zero-order valence-electron chi connectivity index (χ0n) is 6.89. The van der Waals surface area contributed by atoms with E-state index in [-0.39, 0.29) is 10.6 Å². The molecule has 0 radical (unpaired) electrons. The van der Waals surface area contributed by atoms with Gasteiger partial charge in [-0.25, -0.2) is 4.39 Å². The molecule has 0 aromatic heterocycles. The van der Waals surface area contributed by atoms with Crippen LogP contribution in [0.1, 0.15) is 11.3 Å². The standard InChI is InChI=1S/C7H8ClFNO3P/c8-4-2-1-3-5(9)6(4)7(10)14(11,12)13/h1-3,7H,10H2,(H2,11,12,13). The molecule has 4 N–H and O–H groups in total. The quantitative estimate of drug-likeness (QED) is 0.685. The van der Waals surface area contributed by atoms with E-state index in [4.69, 9.17) is 27.1 Å². The van der Waals surface area contributed by atoms with Gasteiger partial charge in [0.05, 0.1) is 0 Å². The Morgan fingerprint density at radius 3 is 2.50 bits per heavy atom. The van der Waals surface area contributed by atoms with Gasteiger partial charge >= 0.3 is 7.60 Å². The minimum atomic E-state index is -4.58. The molecule has 1 atom stereocenters. The van der Waals surface area contributed by atoms with E-state index in [0.717, 1.165) is 6.07 Å². The summed E-state index contributed by atoms with van der Waals surface area (Å²) >= 11 is 5.57. The van der Waals surface area contributed by atoms with E-state index >= 15 is 0 Å². The van der Waals surface area contributed by atoms with Gasteiger partial charge in [0.2, 0.25) is 0 Å². The van der Waals surface area contributed by atoms with E-state index in [1.54, 1.807) is 0 Å². The maximum Gasteiger partial charge on any atom is 0.346 e. The molecule has 0 aliphatic rings. The molecule has 1 aromatic carbocycles. The van der Waals surface area contributed by atoms with Crippen molar-refractivity contribution in [1.29, 1.82) is 0 Å². The molecule has 0 saturated heterocycles. The van der Waals surface area contributed by atoms with Gasteiger partial charge in [-0.1, -0.05) is 17.7 Å². The third-order valence-electron chi connectivity index (χ3n) is 1.66. The van der Waals surface area contributed by atoms with Gasteiger partial charge in [0.25, 0.3) is 0 Å². The lowest BCUT2D eigenvalue weighted by molar-refractivity contribution is 0.358. The van der Waals surface area contributed by atoms with Gasteiger partial charge in [0.15, 0.2) is 0 Å². The minimum absolute atomic E-state index is 0.0965. The highest BCUT2D eigenvalue weighted by molar-refractivity contribution is 7.52. The summed E-state index contributed by atoms with van der Waals surface area (Å²) in [6.07, 6.45) is 0. The average Bonchev–Trinajstić information content (AvgIpc) is 2.01. The molecule has 0 aliphatic heterocycles. The Morgan fingerprint density at radius 1 is 1.50 bits per heavy atom. The summed E-state index contributed by atoms with van der Waals surface area (Å²) in [6, 6.07) is 3.68. The molecule has 0 aliphatic carbocycles. The maximum absolute atomic E-state index is 13.1. The number of hydrogen-bond acceptors (Lipinski definition) is 2. The number of benzene rings is 1. The maximum atomic E-state index is 13.1. The van der Waals surface area contributed by atoms with E-state index in [9.17, 15) is 8.96 Å². The van der Waals surface area contributed by atoms with Crippen LogP contribution < -0.4 is 5.73 Å². The van der Waals surface area contributed by atoms with Crippen molar-refractivity contribution in [3.05, 3.63) is 34.6 Å². The van der Waals surface area contributed by atoms with Crippen molar-refractivity contribution < 1.29 is 18.7 Å². The first-order chi connectivity index (χ1) is 6.34. The first kappa shape index (κ1) is 11.6. The minimum Gasteiger partial charge on any atom is -0.323 e. The van der Waals surface area contributed by atoms with Gasteiger partial charge in [-0.15, -0.1) is 0 Å². The predicted molar refractivity (Wildman–Crippen MR) is 50.4 cm³/mol. The number of nitrogens with two attached hydrogens (primary N) is 1. The Kier molecular flexibility index (Phi) is 3.29. The summed E-state index contributed by atoms with van der Waals surface area (Å²) in [5.74, 6) is -2.55. The van der Waals surface area contributed by atoms with E-state index in [1.807, 2.05) is 0 Å². The SMILES string of the molecule is NC(c1c(F)cccc1Cl)P(=O)(O)O. The molecular formula is C7H8ClFNO3P. The summed E-state index contributed by atoms with van der Waals surface area (Å²) in [4.78, 5) is 17.5. The molecule has 0 fully saturated rings. The summed E-state index contributed by atoms with van der Waals surface area (Å²) in [7, 11) is -4.58. The van der Waals surface area contributed by atoms with Gasteiger partial charge < -0.3 is 15.5 Å². The second kappa shape index (κ2) is 3.96. The molecule has 0 heterocycles. The predicted octanol–water partition coefficient (Wildman–Crippen LogP) is 1.61. The van der Waals surface area contributed by atoms with Crippen LogP contribution in [0.5, 0.6) is 0 Å².